The topological polar surface area (TPSA) is 97.7 Å². The molecule has 1 aliphatic rings. The summed E-state index contributed by atoms with van der Waals surface area (Å²) in [4.78, 5) is 26.5. The van der Waals surface area contributed by atoms with E-state index in [1.165, 1.54) is 0 Å². The number of benzene rings is 2. The van der Waals surface area contributed by atoms with Gasteiger partial charge in [0.1, 0.15) is 29.1 Å². The molecule has 196 valence electrons. The highest BCUT2D eigenvalue weighted by molar-refractivity contribution is 6.00. The Bertz CT molecular complexity index is 1300. The van der Waals surface area contributed by atoms with E-state index in [1.54, 1.807) is 41.0 Å². The van der Waals surface area contributed by atoms with Gasteiger partial charge in [-0.3, -0.25) is 4.68 Å². The first kappa shape index (κ1) is 25.9. The molecule has 1 atom stereocenters. The number of halogens is 2. The number of aromatic nitrogens is 2. The third-order valence-electron chi connectivity index (χ3n) is 5.60. The summed E-state index contributed by atoms with van der Waals surface area (Å²) in [5, 5.41) is 9.24. The van der Waals surface area contributed by atoms with E-state index >= 15 is 0 Å². The zero-order valence-corrected chi connectivity index (χ0v) is 21.0. The maximum Gasteiger partial charge on any atom is 0.410 e. The lowest BCUT2D eigenvalue weighted by atomic mass is 10.1. The number of nitrogens with zero attached hydrogens (tertiary/aromatic N) is 3. The van der Waals surface area contributed by atoms with Gasteiger partial charge in [-0.25, -0.2) is 18.4 Å². The maximum atomic E-state index is 13.9. The monoisotopic (exact) mass is 513 g/mol. The minimum Gasteiger partial charge on any atom is -0.488 e. The summed E-state index contributed by atoms with van der Waals surface area (Å²) in [5.41, 5.74) is 1.10. The quantitative estimate of drug-likeness (QED) is 0.476. The van der Waals surface area contributed by atoms with E-state index in [1.807, 2.05) is 26.8 Å². The van der Waals surface area contributed by atoms with E-state index in [2.05, 4.69) is 15.7 Å². The van der Waals surface area contributed by atoms with E-state index in [4.69, 9.17) is 9.47 Å². The fourth-order valence-corrected chi connectivity index (χ4v) is 3.92. The molecule has 0 aliphatic carbocycles. The number of aryl methyl sites for hydroxylation is 1. The smallest absolute Gasteiger partial charge is 0.410 e. The summed E-state index contributed by atoms with van der Waals surface area (Å²) in [7, 11) is 1.78. The molecule has 4 rings (SSSR count). The minimum atomic E-state index is -0.883. The van der Waals surface area contributed by atoms with Crippen molar-refractivity contribution < 1.29 is 27.8 Å². The van der Waals surface area contributed by atoms with Gasteiger partial charge in [-0.15, -0.1) is 0 Å². The largest absolute Gasteiger partial charge is 0.488 e. The van der Waals surface area contributed by atoms with E-state index in [0.29, 0.717) is 42.6 Å². The molecule has 1 saturated heterocycles. The predicted molar refractivity (Wildman–Crippen MR) is 134 cm³/mol. The van der Waals surface area contributed by atoms with Gasteiger partial charge in [0.15, 0.2) is 0 Å². The number of rotatable bonds is 5. The Kier molecular flexibility index (Phi) is 7.33. The van der Waals surface area contributed by atoms with Gasteiger partial charge in [0.25, 0.3) is 0 Å². The fourth-order valence-electron chi connectivity index (χ4n) is 3.92. The fraction of sp³-hybridized carbons (Fsp3) is 0.346. The molecule has 0 unspecified atom stereocenters. The van der Waals surface area contributed by atoms with Gasteiger partial charge in [-0.1, -0.05) is 0 Å². The highest BCUT2D eigenvalue weighted by Gasteiger charge is 2.31. The van der Waals surface area contributed by atoms with E-state index in [9.17, 15) is 18.4 Å². The number of carbonyl (C=O) groups is 2. The van der Waals surface area contributed by atoms with Crippen LogP contribution in [0.25, 0.3) is 11.3 Å². The molecule has 0 bridgehead atoms. The van der Waals surface area contributed by atoms with Crippen LogP contribution in [0.1, 0.15) is 27.2 Å². The van der Waals surface area contributed by atoms with E-state index in [0.717, 1.165) is 17.8 Å². The van der Waals surface area contributed by atoms with Crippen LogP contribution in [0.4, 0.5) is 29.7 Å². The van der Waals surface area contributed by atoms with Gasteiger partial charge in [-0.05, 0) is 57.2 Å². The van der Waals surface area contributed by atoms with Gasteiger partial charge in [-0.2, -0.15) is 5.10 Å². The van der Waals surface area contributed by atoms with Gasteiger partial charge in [0.2, 0.25) is 0 Å². The first-order valence-corrected chi connectivity index (χ1v) is 11.8. The SMILES string of the molecule is Cn1nccc1-c1cc(NC(=O)Nc2ccc(F)cc2F)ccc1O[C@@H]1CCN(C(=O)OC(C)(C)C)C1. The standard InChI is InChI=1S/C26H29F2N5O4/c1-26(2,3)37-25(35)33-12-10-18(15-33)36-23-8-6-17(14-19(23)22-9-11-29-32(22)4)30-24(34)31-21-7-5-16(27)13-20(21)28/h5-9,11,13-14,18H,10,12,15H2,1-4H3,(H2,30,31,34)/t18-/m1/s1. The molecule has 2 N–H and O–H groups in total. The zero-order valence-electron chi connectivity index (χ0n) is 21.0. The second-order valence-corrected chi connectivity index (χ2v) is 9.71. The summed E-state index contributed by atoms with van der Waals surface area (Å²) in [6.07, 6.45) is 1.65. The number of ether oxygens (including phenoxy) is 2. The maximum absolute atomic E-state index is 13.9. The van der Waals surface area contributed by atoms with E-state index < -0.39 is 23.3 Å². The number of anilines is 2. The van der Waals surface area contributed by atoms with Crippen molar-refractivity contribution in [3.05, 3.63) is 60.3 Å². The molecular weight excluding hydrogens is 484 g/mol. The van der Waals surface area contributed by atoms with Crippen LogP contribution in [0.2, 0.25) is 0 Å². The third-order valence-corrected chi connectivity index (χ3v) is 5.60. The van der Waals surface area contributed by atoms with Crippen molar-refractivity contribution in [1.29, 1.82) is 0 Å². The highest BCUT2D eigenvalue weighted by Crippen LogP contribution is 2.34. The van der Waals surface area contributed by atoms with Crippen molar-refractivity contribution in [2.24, 2.45) is 7.05 Å². The molecule has 3 aromatic rings. The van der Waals surface area contributed by atoms with Gasteiger partial charge in [0.05, 0.1) is 17.9 Å². The van der Waals surface area contributed by atoms with Crippen LogP contribution in [-0.4, -0.2) is 51.6 Å². The Hall–Kier alpha value is -4.15. The lowest BCUT2D eigenvalue weighted by Gasteiger charge is -2.24. The second-order valence-electron chi connectivity index (χ2n) is 9.71. The zero-order chi connectivity index (χ0) is 26.7. The van der Waals surface area contributed by atoms with Gasteiger partial charge < -0.3 is 25.0 Å². The van der Waals surface area contributed by atoms with Crippen LogP contribution < -0.4 is 15.4 Å². The average molecular weight is 514 g/mol. The normalized spacial score (nSPS) is 15.4. The lowest BCUT2D eigenvalue weighted by molar-refractivity contribution is 0.0276. The molecule has 3 amide bonds. The molecular formula is C26H29F2N5O4. The summed E-state index contributed by atoms with van der Waals surface area (Å²) in [6.45, 7) is 6.36. The van der Waals surface area contributed by atoms with E-state index in [-0.39, 0.29) is 17.9 Å². The molecule has 1 fully saturated rings. The number of likely N-dealkylation sites (tertiary alicyclic amines) is 1. The second kappa shape index (κ2) is 10.5. The first-order valence-electron chi connectivity index (χ1n) is 11.8. The Balaban J connectivity index is 1.49. The minimum absolute atomic E-state index is 0.151. The average Bonchev–Trinajstić information content (AvgIpc) is 3.45. The number of amides is 3. The number of hydrogen-bond acceptors (Lipinski definition) is 5. The molecule has 37 heavy (non-hydrogen) atoms. The molecule has 9 nitrogen and oxygen atoms in total. The summed E-state index contributed by atoms with van der Waals surface area (Å²) < 4.78 is 40.4. The Labute approximate surface area is 213 Å². The Morgan fingerprint density at radius 2 is 1.86 bits per heavy atom. The molecule has 0 spiro atoms. The Morgan fingerprint density at radius 3 is 2.54 bits per heavy atom. The number of nitrogens with one attached hydrogen (secondary N) is 2. The van der Waals surface area contributed by atoms with Crippen LogP contribution in [0, 0.1) is 11.6 Å². The van der Waals surface area contributed by atoms with Crippen molar-refractivity contribution in [3.8, 4) is 17.0 Å². The molecule has 11 heteroatoms. The van der Waals surface area contributed by atoms with Crippen molar-refractivity contribution in [1.82, 2.24) is 14.7 Å². The summed E-state index contributed by atoms with van der Waals surface area (Å²) in [5.74, 6) is -1.07. The van der Waals surface area contributed by atoms with Gasteiger partial charge in [0, 0.05) is 43.5 Å². The number of hydrogen-bond donors (Lipinski definition) is 2. The van der Waals surface area contributed by atoms with Crippen LogP contribution in [0.3, 0.4) is 0 Å². The molecule has 1 aliphatic heterocycles. The van der Waals surface area contributed by atoms with Crippen LogP contribution >= 0.6 is 0 Å². The van der Waals surface area contributed by atoms with Crippen molar-refractivity contribution in [2.75, 3.05) is 23.7 Å². The van der Waals surface area contributed by atoms with Crippen molar-refractivity contribution >= 4 is 23.5 Å². The summed E-state index contributed by atoms with van der Waals surface area (Å²) in [6, 6.07) is 9.08. The lowest BCUT2D eigenvalue weighted by Crippen LogP contribution is -2.36. The molecule has 1 aromatic heterocycles. The molecule has 2 heterocycles. The third kappa shape index (κ3) is 6.54. The van der Waals surface area contributed by atoms with Crippen LogP contribution in [-0.2, 0) is 11.8 Å². The Morgan fingerprint density at radius 1 is 1.08 bits per heavy atom. The summed E-state index contributed by atoms with van der Waals surface area (Å²) >= 11 is 0. The molecule has 0 saturated carbocycles. The highest BCUT2D eigenvalue weighted by atomic mass is 19.1. The molecule has 2 aromatic carbocycles. The first-order chi connectivity index (χ1) is 17.5. The van der Waals surface area contributed by atoms with Crippen molar-refractivity contribution in [2.45, 2.75) is 38.9 Å². The van der Waals surface area contributed by atoms with Gasteiger partial charge >= 0.3 is 12.1 Å². The number of urea groups is 1. The number of carbonyl (C=O) groups excluding carboxylic acids is 2. The van der Waals surface area contributed by atoms with Crippen LogP contribution in [0.5, 0.6) is 5.75 Å². The predicted octanol–water partition coefficient (Wildman–Crippen LogP) is 5.40. The molecule has 0 radical (unpaired) electrons. The van der Waals surface area contributed by atoms with Crippen molar-refractivity contribution in [3.63, 3.8) is 0 Å². The van der Waals surface area contributed by atoms with Crippen LogP contribution in [0.15, 0.2) is 48.7 Å².